The van der Waals surface area contributed by atoms with Crippen LogP contribution in [0.4, 0.5) is 0 Å². The highest BCUT2D eigenvalue weighted by Gasteiger charge is 2.25. The highest BCUT2D eigenvalue weighted by Crippen LogP contribution is 2.16. The van der Waals surface area contributed by atoms with E-state index in [1.807, 2.05) is 4.90 Å². The Hall–Kier alpha value is -1.14. The van der Waals surface area contributed by atoms with Crippen LogP contribution in [-0.2, 0) is 14.3 Å². The van der Waals surface area contributed by atoms with Gasteiger partial charge in [-0.05, 0) is 38.3 Å². The summed E-state index contributed by atoms with van der Waals surface area (Å²) in [6, 6.07) is 0. The number of carbonyl (C=O) groups excluding carboxylic acids is 1. The first-order chi connectivity index (χ1) is 9.99. The van der Waals surface area contributed by atoms with E-state index >= 15 is 0 Å². The molecule has 0 aliphatic carbocycles. The highest BCUT2D eigenvalue weighted by atomic mass is 16.5. The molecule has 1 amide bonds. The predicted octanol–water partition coefficient (Wildman–Crippen LogP) is 0.962. The summed E-state index contributed by atoms with van der Waals surface area (Å²) in [5.74, 6) is -0.360. The van der Waals surface area contributed by atoms with Crippen molar-refractivity contribution in [1.82, 2.24) is 10.2 Å². The van der Waals surface area contributed by atoms with E-state index in [0.29, 0.717) is 51.5 Å². The quantitative estimate of drug-likeness (QED) is 0.620. The van der Waals surface area contributed by atoms with Crippen LogP contribution in [0.2, 0.25) is 0 Å². The van der Waals surface area contributed by atoms with E-state index in [2.05, 4.69) is 19.2 Å². The molecule has 0 unspecified atom stereocenters. The Labute approximate surface area is 126 Å². The van der Waals surface area contributed by atoms with Crippen LogP contribution < -0.4 is 5.32 Å². The van der Waals surface area contributed by atoms with E-state index in [1.54, 1.807) is 0 Å². The van der Waals surface area contributed by atoms with Crippen LogP contribution in [0.5, 0.6) is 0 Å². The van der Waals surface area contributed by atoms with E-state index in [4.69, 9.17) is 9.84 Å². The molecule has 1 aliphatic heterocycles. The fourth-order valence-electron chi connectivity index (χ4n) is 2.28. The number of nitrogens with one attached hydrogen (secondary N) is 1. The Kier molecular flexibility index (Phi) is 8.30. The van der Waals surface area contributed by atoms with Gasteiger partial charge in [0.15, 0.2) is 0 Å². The van der Waals surface area contributed by atoms with Crippen LogP contribution >= 0.6 is 0 Å². The third-order valence-corrected chi connectivity index (χ3v) is 3.71. The van der Waals surface area contributed by atoms with Crippen molar-refractivity contribution in [2.75, 3.05) is 39.4 Å². The molecule has 2 N–H and O–H groups in total. The van der Waals surface area contributed by atoms with Gasteiger partial charge < -0.3 is 15.2 Å². The van der Waals surface area contributed by atoms with Crippen molar-refractivity contribution in [3.63, 3.8) is 0 Å². The van der Waals surface area contributed by atoms with Gasteiger partial charge in [0, 0.05) is 13.2 Å². The molecule has 122 valence electrons. The molecule has 0 aromatic rings. The monoisotopic (exact) mass is 300 g/mol. The number of carbonyl (C=O) groups is 2. The van der Waals surface area contributed by atoms with Crippen LogP contribution in [0, 0.1) is 11.8 Å². The summed E-state index contributed by atoms with van der Waals surface area (Å²) in [5, 5.41) is 11.7. The second-order valence-electron chi connectivity index (χ2n) is 6.03. The lowest BCUT2D eigenvalue weighted by atomic mass is 9.97. The molecule has 6 nitrogen and oxygen atoms in total. The number of hydrogen-bond acceptors (Lipinski definition) is 4. The molecular weight excluding hydrogens is 272 g/mol. The molecule has 1 heterocycles. The second-order valence-corrected chi connectivity index (χ2v) is 6.03. The SMILES string of the molecule is CC(C)CCOCCNC(=O)CN1CCC(C(=O)O)CC1. The Bertz CT molecular complexity index is 326. The van der Waals surface area contributed by atoms with Crippen molar-refractivity contribution < 1.29 is 19.4 Å². The zero-order valence-corrected chi connectivity index (χ0v) is 13.1. The van der Waals surface area contributed by atoms with Crippen LogP contribution in [0.25, 0.3) is 0 Å². The van der Waals surface area contributed by atoms with Gasteiger partial charge in [0.1, 0.15) is 0 Å². The van der Waals surface area contributed by atoms with Crippen molar-refractivity contribution >= 4 is 11.9 Å². The van der Waals surface area contributed by atoms with Gasteiger partial charge in [-0.25, -0.2) is 0 Å². The van der Waals surface area contributed by atoms with Gasteiger partial charge >= 0.3 is 5.97 Å². The molecule has 0 radical (unpaired) electrons. The number of nitrogens with zero attached hydrogens (tertiary/aromatic N) is 1. The number of rotatable bonds is 9. The molecule has 1 saturated heterocycles. The normalized spacial score (nSPS) is 17.1. The molecule has 1 fully saturated rings. The van der Waals surface area contributed by atoms with Gasteiger partial charge in [-0.2, -0.15) is 0 Å². The summed E-state index contributed by atoms with van der Waals surface area (Å²) in [4.78, 5) is 24.6. The zero-order valence-electron chi connectivity index (χ0n) is 13.1. The van der Waals surface area contributed by atoms with Gasteiger partial charge in [0.2, 0.25) is 5.91 Å². The van der Waals surface area contributed by atoms with Crippen LogP contribution in [0.1, 0.15) is 33.1 Å². The topological polar surface area (TPSA) is 78.9 Å². The zero-order chi connectivity index (χ0) is 15.7. The van der Waals surface area contributed by atoms with E-state index in [9.17, 15) is 9.59 Å². The maximum absolute atomic E-state index is 11.7. The molecule has 0 bridgehead atoms. The average Bonchev–Trinajstić information content (AvgIpc) is 2.43. The van der Waals surface area contributed by atoms with Gasteiger partial charge in [-0.3, -0.25) is 14.5 Å². The molecule has 21 heavy (non-hydrogen) atoms. The molecule has 6 heteroatoms. The maximum atomic E-state index is 11.7. The lowest BCUT2D eigenvalue weighted by Gasteiger charge is -2.29. The Morgan fingerprint density at radius 3 is 2.52 bits per heavy atom. The molecule has 0 aromatic heterocycles. The molecule has 0 spiro atoms. The number of carboxylic acids is 1. The highest BCUT2D eigenvalue weighted by molar-refractivity contribution is 5.78. The summed E-state index contributed by atoms with van der Waals surface area (Å²) < 4.78 is 5.43. The van der Waals surface area contributed by atoms with E-state index < -0.39 is 5.97 Å². The first kappa shape index (κ1) is 17.9. The Morgan fingerprint density at radius 1 is 1.29 bits per heavy atom. The lowest BCUT2D eigenvalue weighted by molar-refractivity contribution is -0.143. The van der Waals surface area contributed by atoms with E-state index in [1.165, 1.54) is 0 Å². The van der Waals surface area contributed by atoms with Crippen LogP contribution in [0.15, 0.2) is 0 Å². The number of carboxylic acid groups (broad SMARTS) is 1. The second kappa shape index (κ2) is 9.73. The number of ether oxygens (including phenoxy) is 1. The van der Waals surface area contributed by atoms with Gasteiger partial charge in [-0.1, -0.05) is 13.8 Å². The summed E-state index contributed by atoms with van der Waals surface area (Å²) in [7, 11) is 0. The maximum Gasteiger partial charge on any atom is 0.306 e. The number of piperidine rings is 1. The predicted molar refractivity (Wildman–Crippen MR) is 80.1 cm³/mol. The lowest BCUT2D eigenvalue weighted by Crippen LogP contribution is -2.43. The van der Waals surface area contributed by atoms with Crippen LogP contribution in [-0.4, -0.2) is 61.3 Å². The average molecular weight is 300 g/mol. The van der Waals surface area contributed by atoms with Crippen molar-refractivity contribution in [2.24, 2.45) is 11.8 Å². The Balaban J connectivity index is 2.03. The van der Waals surface area contributed by atoms with E-state index in [0.717, 1.165) is 13.0 Å². The first-order valence-corrected chi connectivity index (χ1v) is 7.78. The molecule has 1 rings (SSSR count). The van der Waals surface area contributed by atoms with Gasteiger partial charge in [0.25, 0.3) is 0 Å². The fraction of sp³-hybridized carbons (Fsp3) is 0.867. The molecule has 0 aromatic carbocycles. The first-order valence-electron chi connectivity index (χ1n) is 7.78. The molecule has 0 saturated carbocycles. The Morgan fingerprint density at radius 2 is 1.95 bits per heavy atom. The summed E-state index contributed by atoms with van der Waals surface area (Å²) in [6.07, 6.45) is 2.29. The number of hydrogen-bond donors (Lipinski definition) is 2. The fourth-order valence-corrected chi connectivity index (χ4v) is 2.28. The molecule has 1 aliphatic rings. The molecule has 0 atom stereocenters. The van der Waals surface area contributed by atoms with Crippen molar-refractivity contribution in [3.8, 4) is 0 Å². The number of amides is 1. The van der Waals surface area contributed by atoms with Crippen molar-refractivity contribution in [3.05, 3.63) is 0 Å². The molecular formula is C15H28N2O4. The third kappa shape index (κ3) is 8.02. The van der Waals surface area contributed by atoms with Crippen LogP contribution in [0.3, 0.4) is 0 Å². The van der Waals surface area contributed by atoms with Gasteiger partial charge in [0.05, 0.1) is 19.1 Å². The largest absolute Gasteiger partial charge is 0.481 e. The minimum Gasteiger partial charge on any atom is -0.481 e. The number of likely N-dealkylation sites (tertiary alicyclic amines) is 1. The minimum atomic E-state index is -0.724. The minimum absolute atomic E-state index is 0.0174. The van der Waals surface area contributed by atoms with Gasteiger partial charge in [-0.15, -0.1) is 0 Å². The summed E-state index contributed by atoms with van der Waals surface area (Å²) >= 11 is 0. The smallest absolute Gasteiger partial charge is 0.306 e. The standard InChI is InChI=1S/C15H28N2O4/c1-12(2)5-9-21-10-6-16-14(18)11-17-7-3-13(4-8-17)15(19)20/h12-13H,3-11H2,1-2H3,(H,16,18)(H,19,20). The third-order valence-electron chi connectivity index (χ3n) is 3.71. The van der Waals surface area contributed by atoms with E-state index in [-0.39, 0.29) is 11.8 Å². The van der Waals surface area contributed by atoms with Crippen molar-refractivity contribution in [1.29, 1.82) is 0 Å². The van der Waals surface area contributed by atoms with Crippen molar-refractivity contribution in [2.45, 2.75) is 33.1 Å². The summed E-state index contributed by atoms with van der Waals surface area (Å²) in [5.41, 5.74) is 0. The number of aliphatic carboxylic acids is 1. The summed E-state index contributed by atoms with van der Waals surface area (Å²) in [6.45, 7) is 7.80.